The van der Waals surface area contributed by atoms with E-state index in [4.69, 9.17) is 4.74 Å². The summed E-state index contributed by atoms with van der Waals surface area (Å²) in [5.74, 6) is -0.500. The lowest BCUT2D eigenvalue weighted by atomic mass is 10.0. The SMILES string of the molecule is CCCC(OC)C(=O)c1ccc(C)c(F)c1. The molecule has 0 saturated carbocycles. The molecule has 0 aliphatic carbocycles. The van der Waals surface area contributed by atoms with Gasteiger partial charge in [0.1, 0.15) is 11.9 Å². The highest BCUT2D eigenvalue weighted by molar-refractivity contribution is 5.99. The van der Waals surface area contributed by atoms with Crippen molar-refractivity contribution in [2.24, 2.45) is 0 Å². The third kappa shape index (κ3) is 2.89. The molecule has 1 aromatic carbocycles. The average Bonchev–Trinajstić information content (AvgIpc) is 2.28. The summed E-state index contributed by atoms with van der Waals surface area (Å²) in [6.45, 7) is 3.65. The summed E-state index contributed by atoms with van der Waals surface area (Å²) < 4.78 is 18.4. The van der Waals surface area contributed by atoms with Gasteiger partial charge in [0.25, 0.3) is 0 Å². The van der Waals surface area contributed by atoms with E-state index in [0.717, 1.165) is 6.42 Å². The Labute approximate surface area is 95.4 Å². The van der Waals surface area contributed by atoms with Gasteiger partial charge in [-0.3, -0.25) is 4.79 Å². The van der Waals surface area contributed by atoms with Gasteiger partial charge in [-0.25, -0.2) is 4.39 Å². The van der Waals surface area contributed by atoms with Crippen LogP contribution in [-0.2, 0) is 4.74 Å². The number of carbonyl (C=O) groups excluding carboxylic acids is 1. The third-order valence-electron chi connectivity index (χ3n) is 2.58. The second-order valence-corrected chi connectivity index (χ2v) is 3.84. The number of Topliss-reactive ketones (excluding diaryl/α,β-unsaturated/α-hetero) is 1. The van der Waals surface area contributed by atoms with Gasteiger partial charge in [0.05, 0.1) is 0 Å². The summed E-state index contributed by atoms with van der Waals surface area (Å²) in [6, 6.07) is 4.53. The van der Waals surface area contributed by atoms with Crippen LogP contribution >= 0.6 is 0 Å². The smallest absolute Gasteiger partial charge is 0.191 e. The van der Waals surface area contributed by atoms with Gasteiger partial charge >= 0.3 is 0 Å². The normalized spacial score (nSPS) is 12.5. The maximum atomic E-state index is 13.3. The van der Waals surface area contributed by atoms with Gasteiger partial charge in [-0.2, -0.15) is 0 Å². The first-order chi connectivity index (χ1) is 7.60. The van der Waals surface area contributed by atoms with Crippen LogP contribution < -0.4 is 0 Å². The van der Waals surface area contributed by atoms with E-state index < -0.39 is 6.10 Å². The second-order valence-electron chi connectivity index (χ2n) is 3.84. The van der Waals surface area contributed by atoms with Gasteiger partial charge in [0, 0.05) is 12.7 Å². The molecule has 0 fully saturated rings. The highest BCUT2D eigenvalue weighted by atomic mass is 19.1. The average molecular weight is 224 g/mol. The molecule has 0 amide bonds. The molecule has 0 aromatic heterocycles. The molecular formula is C13H17FO2. The molecule has 88 valence electrons. The van der Waals surface area contributed by atoms with Gasteiger partial charge in [0.2, 0.25) is 0 Å². The van der Waals surface area contributed by atoms with Crippen LogP contribution in [0.25, 0.3) is 0 Å². The fourth-order valence-corrected chi connectivity index (χ4v) is 1.55. The largest absolute Gasteiger partial charge is 0.373 e. The number of rotatable bonds is 5. The Hall–Kier alpha value is -1.22. The first-order valence-electron chi connectivity index (χ1n) is 5.43. The van der Waals surface area contributed by atoms with Crippen LogP contribution in [0.5, 0.6) is 0 Å². The molecule has 0 spiro atoms. The number of benzene rings is 1. The van der Waals surface area contributed by atoms with Gasteiger partial charge in [-0.15, -0.1) is 0 Å². The lowest BCUT2D eigenvalue weighted by molar-refractivity contribution is 0.0578. The van der Waals surface area contributed by atoms with E-state index in [1.807, 2.05) is 6.92 Å². The molecule has 0 aliphatic heterocycles. The Morgan fingerprint density at radius 1 is 1.50 bits per heavy atom. The van der Waals surface area contributed by atoms with Gasteiger partial charge in [-0.1, -0.05) is 25.5 Å². The van der Waals surface area contributed by atoms with E-state index >= 15 is 0 Å². The Bertz CT molecular complexity index is 374. The minimum absolute atomic E-state index is 0.150. The number of hydrogen-bond acceptors (Lipinski definition) is 2. The quantitative estimate of drug-likeness (QED) is 0.718. The highest BCUT2D eigenvalue weighted by Crippen LogP contribution is 2.14. The number of ether oxygens (including phenoxy) is 1. The highest BCUT2D eigenvalue weighted by Gasteiger charge is 2.19. The number of aryl methyl sites for hydroxylation is 1. The molecule has 1 rings (SSSR count). The van der Waals surface area contributed by atoms with Gasteiger partial charge in [-0.05, 0) is 25.0 Å². The van der Waals surface area contributed by atoms with Crippen molar-refractivity contribution in [2.75, 3.05) is 7.11 Å². The van der Waals surface area contributed by atoms with Crippen molar-refractivity contribution in [1.29, 1.82) is 0 Å². The fourth-order valence-electron chi connectivity index (χ4n) is 1.55. The molecule has 16 heavy (non-hydrogen) atoms. The lowest BCUT2D eigenvalue weighted by Crippen LogP contribution is -2.23. The predicted molar refractivity (Wildman–Crippen MR) is 61.2 cm³/mol. The number of carbonyl (C=O) groups is 1. The molecule has 1 aromatic rings. The van der Waals surface area contributed by atoms with Gasteiger partial charge in [0.15, 0.2) is 5.78 Å². The zero-order valence-electron chi connectivity index (χ0n) is 9.92. The first kappa shape index (κ1) is 12.8. The number of ketones is 1. The minimum Gasteiger partial charge on any atom is -0.373 e. The van der Waals surface area contributed by atoms with Crippen molar-refractivity contribution in [3.05, 3.63) is 35.1 Å². The van der Waals surface area contributed by atoms with E-state index in [0.29, 0.717) is 17.5 Å². The summed E-state index contributed by atoms with van der Waals surface area (Å²) >= 11 is 0. The summed E-state index contributed by atoms with van der Waals surface area (Å²) in [4.78, 5) is 11.9. The minimum atomic E-state index is -0.466. The summed E-state index contributed by atoms with van der Waals surface area (Å²) in [5, 5.41) is 0. The maximum absolute atomic E-state index is 13.3. The molecule has 2 nitrogen and oxygen atoms in total. The zero-order valence-corrected chi connectivity index (χ0v) is 9.92. The van der Waals surface area contributed by atoms with Crippen LogP contribution in [0, 0.1) is 12.7 Å². The van der Waals surface area contributed by atoms with Crippen LogP contribution in [-0.4, -0.2) is 19.0 Å². The van der Waals surface area contributed by atoms with E-state index in [9.17, 15) is 9.18 Å². The van der Waals surface area contributed by atoms with Crippen molar-refractivity contribution < 1.29 is 13.9 Å². The van der Waals surface area contributed by atoms with Crippen molar-refractivity contribution in [1.82, 2.24) is 0 Å². The molecule has 1 atom stereocenters. The van der Waals surface area contributed by atoms with Crippen LogP contribution in [0.1, 0.15) is 35.7 Å². The maximum Gasteiger partial charge on any atom is 0.191 e. The topological polar surface area (TPSA) is 26.3 Å². The molecule has 0 N–H and O–H groups in total. The monoisotopic (exact) mass is 224 g/mol. The van der Waals surface area contributed by atoms with Crippen LogP contribution in [0.2, 0.25) is 0 Å². The molecule has 1 unspecified atom stereocenters. The lowest BCUT2D eigenvalue weighted by Gasteiger charge is -2.13. The Kier molecular flexibility index (Phi) is 4.62. The molecule has 3 heteroatoms. The Morgan fingerprint density at radius 2 is 2.19 bits per heavy atom. The first-order valence-corrected chi connectivity index (χ1v) is 5.43. The zero-order chi connectivity index (χ0) is 12.1. The summed E-state index contributed by atoms with van der Waals surface area (Å²) in [7, 11) is 1.50. The number of halogens is 1. The molecular weight excluding hydrogens is 207 g/mol. The summed E-state index contributed by atoms with van der Waals surface area (Å²) in [6.07, 6.45) is 1.05. The standard InChI is InChI=1S/C13H17FO2/c1-4-5-12(16-3)13(15)10-7-6-9(2)11(14)8-10/h6-8,12H,4-5H2,1-3H3. The predicted octanol–water partition coefficient (Wildman–Crippen LogP) is 3.13. The number of hydrogen-bond donors (Lipinski definition) is 0. The molecule has 0 heterocycles. The molecule has 0 saturated heterocycles. The van der Waals surface area contributed by atoms with E-state index in [1.165, 1.54) is 13.2 Å². The van der Waals surface area contributed by atoms with Gasteiger partial charge < -0.3 is 4.74 Å². The fraction of sp³-hybridized carbons (Fsp3) is 0.462. The van der Waals surface area contributed by atoms with E-state index in [-0.39, 0.29) is 11.6 Å². The van der Waals surface area contributed by atoms with Crippen LogP contribution in [0.3, 0.4) is 0 Å². The van der Waals surface area contributed by atoms with Crippen molar-refractivity contribution in [3.8, 4) is 0 Å². The van der Waals surface area contributed by atoms with Crippen LogP contribution in [0.4, 0.5) is 4.39 Å². The Morgan fingerprint density at radius 3 is 2.69 bits per heavy atom. The van der Waals surface area contributed by atoms with Crippen molar-refractivity contribution in [3.63, 3.8) is 0 Å². The third-order valence-corrected chi connectivity index (χ3v) is 2.58. The Balaban J connectivity index is 2.90. The second kappa shape index (κ2) is 5.75. The van der Waals surface area contributed by atoms with E-state index in [1.54, 1.807) is 19.1 Å². The van der Waals surface area contributed by atoms with Crippen molar-refractivity contribution in [2.45, 2.75) is 32.8 Å². The molecule has 0 aliphatic rings. The molecule has 0 bridgehead atoms. The number of methoxy groups -OCH3 is 1. The van der Waals surface area contributed by atoms with E-state index in [2.05, 4.69) is 0 Å². The van der Waals surface area contributed by atoms with Crippen molar-refractivity contribution >= 4 is 5.78 Å². The van der Waals surface area contributed by atoms with Crippen LogP contribution in [0.15, 0.2) is 18.2 Å². The molecule has 0 radical (unpaired) electrons. The summed E-state index contributed by atoms with van der Waals surface area (Å²) in [5.41, 5.74) is 0.921.